The average Bonchev–Trinajstić information content (AvgIpc) is 2.56. The zero-order chi connectivity index (χ0) is 16.7. The van der Waals surface area contributed by atoms with Crippen molar-refractivity contribution in [2.45, 2.75) is 6.42 Å². The lowest BCUT2D eigenvalue weighted by Gasteiger charge is -2.09. The summed E-state index contributed by atoms with van der Waals surface area (Å²) >= 11 is 0. The zero-order valence-electron chi connectivity index (χ0n) is 12.7. The second kappa shape index (κ2) is 7.93. The molecule has 2 aromatic rings. The summed E-state index contributed by atoms with van der Waals surface area (Å²) in [6, 6.07) is 12.4. The van der Waals surface area contributed by atoms with Crippen LogP contribution in [0.15, 0.2) is 48.5 Å². The summed E-state index contributed by atoms with van der Waals surface area (Å²) in [4.78, 5) is 23.4. The van der Waals surface area contributed by atoms with Crippen molar-refractivity contribution in [1.82, 2.24) is 10.6 Å². The van der Waals surface area contributed by atoms with E-state index in [9.17, 15) is 14.0 Å². The highest BCUT2D eigenvalue weighted by molar-refractivity contribution is 5.96. The van der Waals surface area contributed by atoms with Gasteiger partial charge in [0.2, 0.25) is 0 Å². The molecule has 6 heteroatoms. The van der Waals surface area contributed by atoms with Crippen molar-refractivity contribution in [3.8, 4) is 0 Å². The Balaban J connectivity index is 1.82. The number of hydrogen-bond donors (Lipinski definition) is 3. The molecule has 0 saturated carbocycles. The molecule has 0 aliphatic rings. The lowest BCUT2D eigenvalue weighted by atomic mass is 10.1. The van der Waals surface area contributed by atoms with Crippen LogP contribution >= 0.6 is 0 Å². The van der Waals surface area contributed by atoms with Gasteiger partial charge in [0.15, 0.2) is 0 Å². The van der Waals surface area contributed by atoms with Crippen molar-refractivity contribution >= 4 is 17.6 Å². The van der Waals surface area contributed by atoms with Crippen molar-refractivity contribution in [3.63, 3.8) is 0 Å². The maximum atomic E-state index is 12.8. The Kier molecular flexibility index (Phi) is 5.68. The number of nitrogens with one attached hydrogen (secondary N) is 3. The van der Waals surface area contributed by atoms with Gasteiger partial charge in [-0.05, 0) is 42.3 Å². The average molecular weight is 315 g/mol. The van der Waals surface area contributed by atoms with Gasteiger partial charge in [-0.3, -0.25) is 4.79 Å². The van der Waals surface area contributed by atoms with Crippen molar-refractivity contribution in [1.29, 1.82) is 0 Å². The second-order valence-corrected chi connectivity index (χ2v) is 4.92. The van der Waals surface area contributed by atoms with E-state index in [0.29, 0.717) is 24.2 Å². The van der Waals surface area contributed by atoms with Gasteiger partial charge in [-0.1, -0.05) is 18.2 Å². The summed E-state index contributed by atoms with van der Waals surface area (Å²) < 4.78 is 12.8. The van der Waals surface area contributed by atoms with E-state index in [1.54, 1.807) is 43.4 Å². The van der Waals surface area contributed by atoms with Crippen LogP contribution in [0.1, 0.15) is 15.9 Å². The molecular weight excluding hydrogens is 297 g/mol. The lowest BCUT2D eigenvalue weighted by molar-refractivity contribution is 0.0963. The van der Waals surface area contributed by atoms with E-state index >= 15 is 0 Å². The highest BCUT2D eigenvalue weighted by Gasteiger charge is 2.06. The maximum absolute atomic E-state index is 12.8. The standard InChI is InChI=1S/C17H18FN3O2/c1-19-16(22)13-3-2-4-15(11-13)21-17(23)20-10-9-12-5-7-14(18)8-6-12/h2-8,11H,9-10H2,1H3,(H,19,22)(H2,20,21,23). The zero-order valence-corrected chi connectivity index (χ0v) is 12.7. The van der Waals surface area contributed by atoms with Crippen molar-refractivity contribution in [3.05, 3.63) is 65.5 Å². The first-order chi connectivity index (χ1) is 11.1. The van der Waals surface area contributed by atoms with Crippen LogP contribution in [-0.4, -0.2) is 25.5 Å². The fraction of sp³-hybridized carbons (Fsp3) is 0.176. The van der Waals surface area contributed by atoms with E-state index in [0.717, 1.165) is 5.56 Å². The topological polar surface area (TPSA) is 70.2 Å². The van der Waals surface area contributed by atoms with Crippen LogP contribution in [0.4, 0.5) is 14.9 Å². The normalized spacial score (nSPS) is 10.0. The summed E-state index contributed by atoms with van der Waals surface area (Å²) in [5, 5.41) is 7.90. The predicted octanol–water partition coefficient (Wildman–Crippen LogP) is 2.55. The Morgan fingerprint density at radius 1 is 1.09 bits per heavy atom. The Morgan fingerprint density at radius 3 is 2.52 bits per heavy atom. The third-order valence-electron chi connectivity index (χ3n) is 3.22. The maximum Gasteiger partial charge on any atom is 0.319 e. The number of rotatable bonds is 5. The first-order valence-electron chi connectivity index (χ1n) is 7.20. The third kappa shape index (κ3) is 5.10. The largest absolute Gasteiger partial charge is 0.355 e. The third-order valence-corrected chi connectivity index (χ3v) is 3.22. The summed E-state index contributed by atoms with van der Waals surface area (Å²) in [6.07, 6.45) is 0.603. The molecule has 0 bridgehead atoms. The molecule has 2 rings (SSSR count). The Morgan fingerprint density at radius 2 is 1.83 bits per heavy atom. The van der Waals surface area contributed by atoms with Crippen LogP contribution < -0.4 is 16.0 Å². The van der Waals surface area contributed by atoms with Gasteiger partial charge in [-0.25, -0.2) is 9.18 Å². The SMILES string of the molecule is CNC(=O)c1cccc(NC(=O)NCCc2ccc(F)cc2)c1. The van der Waals surface area contributed by atoms with E-state index in [2.05, 4.69) is 16.0 Å². The molecule has 0 heterocycles. The Hall–Kier alpha value is -2.89. The number of benzene rings is 2. The molecule has 3 amide bonds. The van der Waals surface area contributed by atoms with Gasteiger partial charge in [0.05, 0.1) is 0 Å². The first-order valence-corrected chi connectivity index (χ1v) is 7.20. The molecule has 2 aromatic carbocycles. The number of carbonyl (C=O) groups is 2. The summed E-state index contributed by atoms with van der Waals surface area (Å²) in [7, 11) is 1.55. The Labute approximate surface area is 133 Å². The van der Waals surface area contributed by atoms with Crippen molar-refractivity contribution in [2.75, 3.05) is 18.9 Å². The molecule has 0 aromatic heterocycles. The highest BCUT2D eigenvalue weighted by atomic mass is 19.1. The summed E-state index contributed by atoms with van der Waals surface area (Å²) in [5.74, 6) is -0.499. The second-order valence-electron chi connectivity index (χ2n) is 4.92. The van der Waals surface area contributed by atoms with Crippen LogP contribution in [0.2, 0.25) is 0 Å². The number of halogens is 1. The van der Waals surface area contributed by atoms with Crippen molar-refractivity contribution < 1.29 is 14.0 Å². The fourth-order valence-corrected chi connectivity index (χ4v) is 2.03. The van der Waals surface area contributed by atoms with Gasteiger partial charge < -0.3 is 16.0 Å². The van der Waals surface area contributed by atoms with Gasteiger partial charge in [-0.2, -0.15) is 0 Å². The van der Waals surface area contributed by atoms with Crippen LogP contribution in [0.3, 0.4) is 0 Å². The molecular formula is C17H18FN3O2. The number of urea groups is 1. The number of anilines is 1. The van der Waals surface area contributed by atoms with Gasteiger partial charge in [0.25, 0.3) is 5.91 Å². The minimum Gasteiger partial charge on any atom is -0.355 e. The molecule has 0 spiro atoms. The molecule has 0 fully saturated rings. The molecule has 0 radical (unpaired) electrons. The summed E-state index contributed by atoms with van der Waals surface area (Å²) in [5.41, 5.74) is 1.94. The molecule has 0 atom stereocenters. The van der Waals surface area contributed by atoms with Crippen LogP contribution in [0.5, 0.6) is 0 Å². The first kappa shape index (κ1) is 16.5. The molecule has 5 nitrogen and oxygen atoms in total. The molecule has 120 valence electrons. The van der Waals surface area contributed by atoms with Crippen LogP contribution in [0.25, 0.3) is 0 Å². The van der Waals surface area contributed by atoms with Gasteiger partial charge in [0.1, 0.15) is 5.82 Å². The molecule has 0 aliphatic carbocycles. The van der Waals surface area contributed by atoms with E-state index in [1.807, 2.05) is 0 Å². The number of hydrogen-bond acceptors (Lipinski definition) is 2. The molecule has 0 unspecified atom stereocenters. The van der Waals surface area contributed by atoms with E-state index < -0.39 is 0 Å². The van der Waals surface area contributed by atoms with Gasteiger partial charge in [-0.15, -0.1) is 0 Å². The van der Waals surface area contributed by atoms with E-state index in [4.69, 9.17) is 0 Å². The minimum atomic E-state index is -0.360. The Bertz CT molecular complexity index is 686. The van der Waals surface area contributed by atoms with Crippen LogP contribution in [0, 0.1) is 5.82 Å². The molecule has 0 saturated heterocycles. The predicted molar refractivity (Wildman–Crippen MR) is 87.0 cm³/mol. The number of carbonyl (C=O) groups excluding carboxylic acids is 2. The minimum absolute atomic E-state index is 0.217. The monoisotopic (exact) mass is 315 g/mol. The quantitative estimate of drug-likeness (QED) is 0.793. The molecule has 3 N–H and O–H groups in total. The molecule has 23 heavy (non-hydrogen) atoms. The van der Waals surface area contributed by atoms with E-state index in [1.165, 1.54) is 12.1 Å². The highest BCUT2D eigenvalue weighted by Crippen LogP contribution is 2.10. The van der Waals surface area contributed by atoms with Crippen molar-refractivity contribution in [2.24, 2.45) is 0 Å². The fourth-order valence-electron chi connectivity index (χ4n) is 2.03. The van der Waals surface area contributed by atoms with E-state index in [-0.39, 0.29) is 17.8 Å². The smallest absolute Gasteiger partial charge is 0.319 e. The van der Waals surface area contributed by atoms with Gasteiger partial charge >= 0.3 is 6.03 Å². The summed E-state index contributed by atoms with van der Waals surface area (Å²) in [6.45, 7) is 0.423. The number of amides is 3. The lowest BCUT2D eigenvalue weighted by Crippen LogP contribution is -2.30. The molecule has 0 aliphatic heterocycles. The van der Waals surface area contributed by atoms with Gasteiger partial charge in [0, 0.05) is 24.8 Å². The van der Waals surface area contributed by atoms with Crippen LogP contribution in [-0.2, 0) is 6.42 Å².